The number of carbonyl (C=O) groups excluding carboxylic acids is 1. The van der Waals surface area contributed by atoms with Gasteiger partial charge in [0.05, 0.1) is 5.56 Å². The molecule has 3 heterocycles. The number of amides is 2. The molecular weight excluding hydrogens is 365 g/mol. The average molecular weight is 382 g/mol. The molecule has 2 aromatic rings. The third-order valence-electron chi connectivity index (χ3n) is 4.79. The standard InChI is InChI=1S/C17H17F3N4OS/c1-10-7-24(13-4-2-12(3-5-13)17(18,19)20)16(26-10)22-15(25)23-8-11-6-21-14(11)9-23/h2-5,7,11,14,21H,6,8-9H2,1H3/b22-16-. The van der Waals surface area contributed by atoms with Crippen LogP contribution in [0.15, 0.2) is 35.5 Å². The third kappa shape index (κ3) is 3.16. The van der Waals surface area contributed by atoms with Gasteiger partial charge in [0.25, 0.3) is 0 Å². The first-order valence-corrected chi connectivity index (χ1v) is 9.06. The second-order valence-electron chi connectivity index (χ2n) is 6.61. The van der Waals surface area contributed by atoms with Crippen LogP contribution in [0.4, 0.5) is 18.0 Å². The van der Waals surface area contributed by atoms with E-state index < -0.39 is 11.7 Å². The largest absolute Gasteiger partial charge is 0.416 e. The number of rotatable bonds is 1. The number of alkyl halides is 3. The summed E-state index contributed by atoms with van der Waals surface area (Å²) in [7, 11) is 0. The highest BCUT2D eigenvalue weighted by Gasteiger charge is 2.40. The Balaban J connectivity index is 1.63. The number of fused-ring (bicyclic) bond motifs is 1. The zero-order chi connectivity index (χ0) is 18.5. The van der Waals surface area contributed by atoms with Crippen LogP contribution in [-0.2, 0) is 6.18 Å². The van der Waals surface area contributed by atoms with Gasteiger partial charge in [-0.3, -0.25) is 4.57 Å². The van der Waals surface area contributed by atoms with Crippen LogP contribution in [0.25, 0.3) is 5.69 Å². The number of aryl methyl sites for hydroxylation is 1. The van der Waals surface area contributed by atoms with Crippen molar-refractivity contribution in [3.63, 3.8) is 0 Å². The van der Waals surface area contributed by atoms with Gasteiger partial charge in [-0.25, -0.2) is 4.79 Å². The number of thiazole rings is 1. The molecule has 2 atom stereocenters. The van der Waals surface area contributed by atoms with Crippen LogP contribution in [0.3, 0.4) is 0 Å². The summed E-state index contributed by atoms with van der Waals surface area (Å²) in [4.78, 5) is 19.8. The first-order chi connectivity index (χ1) is 12.3. The maximum atomic E-state index is 12.7. The van der Waals surface area contributed by atoms with E-state index in [9.17, 15) is 18.0 Å². The minimum atomic E-state index is -4.37. The first kappa shape index (κ1) is 17.3. The predicted octanol–water partition coefficient (Wildman–Crippen LogP) is 2.79. The summed E-state index contributed by atoms with van der Waals surface area (Å²) in [6.45, 7) is 4.15. The summed E-state index contributed by atoms with van der Waals surface area (Å²) in [5.41, 5.74) is -0.166. The normalized spacial score (nSPS) is 23.1. The van der Waals surface area contributed by atoms with Crippen molar-refractivity contribution < 1.29 is 18.0 Å². The molecule has 1 aromatic heterocycles. The Bertz CT molecular complexity index is 888. The topological polar surface area (TPSA) is 49.6 Å². The van der Waals surface area contributed by atoms with Crippen LogP contribution in [0.1, 0.15) is 10.4 Å². The van der Waals surface area contributed by atoms with Crippen molar-refractivity contribution >= 4 is 17.4 Å². The quantitative estimate of drug-likeness (QED) is 0.825. The monoisotopic (exact) mass is 382 g/mol. The number of hydrogen-bond donors (Lipinski definition) is 1. The molecule has 1 aromatic carbocycles. The van der Waals surface area contributed by atoms with Gasteiger partial charge in [0.1, 0.15) is 0 Å². The van der Waals surface area contributed by atoms with Crippen molar-refractivity contribution in [1.82, 2.24) is 14.8 Å². The molecule has 138 valence electrons. The Morgan fingerprint density at radius 2 is 2.00 bits per heavy atom. The number of hydrogen-bond acceptors (Lipinski definition) is 3. The molecular formula is C17H17F3N4OS. The average Bonchev–Trinajstić information content (AvgIpc) is 3.07. The highest BCUT2D eigenvalue weighted by atomic mass is 32.1. The summed E-state index contributed by atoms with van der Waals surface area (Å²) in [6.07, 6.45) is -2.60. The molecule has 1 N–H and O–H groups in total. The fourth-order valence-corrected chi connectivity index (χ4v) is 4.12. The van der Waals surface area contributed by atoms with Crippen LogP contribution in [0.5, 0.6) is 0 Å². The van der Waals surface area contributed by atoms with Crippen molar-refractivity contribution in [1.29, 1.82) is 0 Å². The van der Waals surface area contributed by atoms with Crippen LogP contribution < -0.4 is 10.1 Å². The van der Waals surface area contributed by atoms with E-state index >= 15 is 0 Å². The molecule has 2 amide bonds. The Hall–Kier alpha value is -2.13. The van der Waals surface area contributed by atoms with E-state index in [1.165, 1.54) is 23.5 Å². The second kappa shape index (κ2) is 6.24. The minimum absolute atomic E-state index is 0.302. The first-order valence-electron chi connectivity index (χ1n) is 8.25. The number of nitrogens with zero attached hydrogens (tertiary/aromatic N) is 3. The maximum absolute atomic E-state index is 12.7. The van der Waals surface area contributed by atoms with Crippen molar-refractivity contribution in [2.75, 3.05) is 19.6 Å². The van der Waals surface area contributed by atoms with E-state index in [2.05, 4.69) is 10.3 Å². The second-order valence-corrected chi connectivity index (χ2v) is 7.83. The zero-order valence-corrected chi connectivity index (χ0v) is 14.8. The summed E-state index contributed by atoms with van der Waals surface area (Å²) >= 11 is 1.33. The number of urea groups is 1. The molecule has 9 heteroatoms. The van der Waals surface area contributed by atoms with Crippen LogP contribution >= 0.6 is 11.3 Å². The molecule has 4 rings (SSSR count). The molecule has 0 aliphatic carbocycles. The lowest BCUT2D eigenvalue weighted by molar-refractivity contribution is -0.137. The number of likely N-dealkylation sites (tertiary alicyclic amines) is 1. The Morgan fingerprint density at radius 3 is 2.54 bits per heavy atom. The fourth-order valence-electron chi connectivity index (χ4n) is 3.29. The summed E-state index contributed by atoms with van der Waals surface area (Å²) in [5.74, 6) is 0.501. The molecule has 26 heavy (non-hydrogen) atoms. The molecule has 2 fully saturated rings. The van der Waals surface area contributed by atoms with Crippen molar-refractivity contribution in [2.24, 2.45) is 10.9 Å². The molecule has 0 spiro atoms. The molecule has 2 aliphatic rings. The molecule has 2 aliphatic heterocycles. The van der Waals surface area contributed by atoms with E-state index in [0.717, 1.165) is 23.6 Å². The van der Waals surface area contributed by atoms with E-state index in [0.29, 0.717) is 35.5 Å². The molecule has 0 bridgehead atoms. The maximum Gasteiger partial charge on any atom is 0.416 e. The van der Waals surface area contributed by atoms with Crippen molar-refractivity contribution in [3.8, 4) is 5.69 Å². The third-order valence-corrected chi connectivity index (χ3v) is 5.69. The Labute approximate surface area is 151 Å². The lowest BCUT2D eigenvalue weighted by Gasteiger charge is -2.29. The van der Waals surface area contributed by atoms with E-state index in [-0.39, 0.29) is 6.03 Å². The van der Waals surface area contributed by atoms with Gasteiger partial charge in [0.15, 0.2) is 4.80 Å². The van der Waals surface area contributed by atoms with Gasteiger partial charge in [0, 0.05) is 48.4 Å². The van der Waals surface area contributed by atoms with Gasteiger partial charge in [-0.05, 0) is 31.2 Å². The van der Waals surface area contributed by atoms with Gasteiger partial charge in [-0.2, -0.15) is 18.2 Å². The fraction of sp³-hybridized carbons (Fsp3) is 0.412. The summed E-state index contributed by atoms with van der Waals surface area (Å²) < 4.78 is 39.9. The van der Waals surface area contributed by atoms with E-state index in [1.807, 2.05) is 6.92 Å². The van der Waals surface area contributed by atoms with E-state index in [1.54, 1.807) is 15.7 Å². The smallest absolute Gasteiger partial charge is 0.321 e. The van der Waals surface area contributed by atoms with Crippen LogP contribution in [0, 0.1) is 12.8 Å². The highest BCUT2D eigenvalue weighted by molar-refractivity contribution is 7.09. The predicted molar refractivity (Wildman–Crippen MR) is 91.2 cm³/mol. The number of aromatic nitrogens is 1. The van der Waals surface area contributed by atoms with Gasteiger partial charge >= 0.3 is 12.2 Å². The van der Waals surface area contributed by atoms with E-state index in [4.69, 9.17) is 0 Å². The molecule has 2 unspecified atom stereocenters. The number of carbonyl (C=O) groups is 1. The number of nitrogens with one attached hydrogen (secondary N) is 1. The molecule has 2 saturated heterocycles. The molecule has 0 radical (unpaired) electrons. The Morgan fingerprint density at radius 1 is 1.27 bits per heavy atom. The zero-order valence-electron chi connectivity index (χ0n) is 14.0. The lowest BCUT2D eigenvalue weighted by atomic mass is 9.96. The minimum Gasteiger partial charge on any atom is -0.321 e. The SMILES string of the molecule is Cc1cn(-c2ccc(C(F)(F)F)cc2)/c(=N/C(=O)N2CC3CNC3C2)s1. The lowest BCUT2D eigenvalue weighted by Crippen LogP contribution is -2.51. The van der Waals surface area contributed by atoms with Crippen LogP contribution in [0.2, 0.25) is 0 Å². The van der Waals surface area contributed by atoms with Gasteiger partial charge in [-0.1, -0.05) is 0 Å². The van der Waals surface area contributed by atoms with Gasteiger partial charge in [-0.15, -0.1) is 11.3 Å². The van der Waals surface area contributed by atoms with Crippen LogP contribution in [-0.4, -0.2) is 41.2 Å². The molecule has 5 nitrogen and oxygen atoms in total. The Kier molecular flexibility index (Phi) is 4.15. The highest BCUT2D eigenvalue weighted by Crippen LogP contribution is 2.29. The van der Waals surface area contributed by atoms with Gasteiger partial charge in [0.2, 0.25) is 0 Å². The van der Waals surface area contributed by atoms with Gasteiger partial charge < -0.3 is 10.2 Å². The summed E-state index contributed by atoms with van der Waals surface area (Å²) in [6, 6.07) is 4.90. The van der Waals surface area contributed by atoms with Crippen molar-refractivity contribution in [3.05, 3.63) is 45.7 Å². The van der Waals surface area contributed by atoms with Crippen molar-refractivity contribution in [2.45, 2.75) is 19.1 Å². The molecule has 0 saturated carbocycles. The number of halogens is 3. The number of benzene rings is 1. The summed E-state index contributed by atoms with van der Waals surface area (Å²) in [5, 5.41) is 3.28.